The van der Waals surface area contributed by atoms with E-state index >= 15 is 0 Å². The first-order chi connectivity index (χ1) is 19.0. The van der Waals surface area contributed by atoms with E-state index in [1.807, 2.05) is 0 Å². The third-order valence-electron chi connectivity index (χ3n) is 5.07. The highest BCUT2D eigenvalue weighted by atomic mass is 19.4. The van der Waals surface area contributed by atoms with Crippen molar-refractivity contribution >= 4 is 23.5 Å². The minimum absolute atomic E-state index is 0.0135. The predicted molar refractivity (Wildman–Crippen MR) is 126 cm³/mol. The summed E-state index contributed by atoms with van der Waals surface area (Å²) in [5.41, 5.74) is 0.669. The van der Waals surface area contributed by atoms with E-state index in [2.05, 4.69) is 40.0 Å². The van der Waals surface area contributed by atoms with Crippen molar-refractivity contribution in [2.24, 2.45) is 10.2 Å². The van der Waals surface area contributed by atoms with Crippen LogP contribution >= 0.6 is 0 Å². The number of hydrogen-bond donors (Lipinski definition) is 1. The zero-order chi connectivity index (χ0) is 28.8. The van der Waals surface area contributed by atoms with Crippen molar-refractivity contribution in [2.45, 2.75) is 25.4 Å². The Morgan fingerprint density at radius 1 is 0.925 bits per heavy atom. The molecule has 0 aliphatic carbocycles. The predicted octanol–water partition coefficient (Wildman–Crippen LogP) is 5.87. The second-order valence-electron chi connectivity index (χ2n) is 8.07. The van der Waals surface area contributed by atoms with Crippen LogP contribution in [0.4, 0.5) is 54.3 Å². The van der Waals surface area contributed by atoms with Gasteiger partial charge in [0.1, 0.15) is 11.5 Å². The van der Waals surface area contributed by atoms with Crippen molar-refractivity contribution < 1.29 is 44.9 Å². The maximum absolute atomic E-state index is 13.2. The Labute approximate surface area is 221 Å². The molecule has 1 aliphatic rings. The topological polar surface area (TPSA) is 106 Å². The average Bonchev–Trinajstić information content (AvgIpc) is 2.89. The molecule has 1 aliphatic heterocycles. The molecule has 0 atom stereocenters. The summed E-state index contributed by atoms with van der Waals surface area (Å²) in [6, 6.07) is 9.90. The maximum atomic E-state index is 13.2. The van der Waals surface area contributed by atoms with E-state index in [9.17, 15) is 30.7 Å². The molecule has 0 radical (unpaired) electrons. The number of nitrogens with one attached hydrogen (secondary N) is 1. The van der Waals surface area contributed by atoms with Gasteiger partial charge in [-0.25, -0.2) is 0 Å². The number of morpholine rings is 1. The fourth-order valence-electron chi connectivity index (χ4n) is 3.32. The van der Waals surface area contributed by atoms with Crippen molar-refractivity contribution in [1.29, 1.82) is 0 Å². The fraction of sp³-hybridized carbons (Fsp3) is 0.348. The van der Waals surface area contributed by atoms with E-state index in [1.54, 1.807) is 4.90 Å². The third-order valence-corrected chi connectivity index (χ3v) is 5.07. The van der Waals surface area contributed by atoms with E-state index in [4.69, 9.17) is 4.74 Å². The molecule has 0 bridgehead atoms. The van der Waals surface area contributed by atoms with Crippen LogP contribution in [0, 0.1) is 0 Å². The molecule has 1 aromatic heterocycles. The molecular formula is C23H20F7N7O3. The van der Waals surface area contributed by atoms with Crippen molar-refractivity contribution in [1.82, 2.24) is 15.0 Å². The first kappa shape index (κ1) is 28.7. The Hall–Kier alpha value is -4.28. The normalized spacial score (nSPS) is 14.6. The minimum atomic E-state index is -4.83. The molecule has 1 saturated heterocycles. The molecule has 2 aromatic carbocycles. The smallest absolute Gasteiger partial charge is 0.428 e. The number of alkyl halides is 7. The third kappa shape index (κ3) is 8.36. The number of halogens is 7. The summed E-state index contributed by atoms with van der Waals surface area (Å²) in [6.45, 7) is 1.64. The van der Waals surface area contributed by atoms with Crippen LogP contribution in [0.3, 0.4) is 0 Å². The van der Waals surface area contributed by atoms with Gasteiger partial charge in [0.2, 0.25) is 11.9 Å². The summed E-state index contributed by atoms with van der Waals surface area (Å²) in [5.74, 6) is -0.779. The zero-order valence-electron chi connectivity index (χ0n) is 20.3. The Kier molecular flexibility index (Phi) is 8.81. The van der Waals surface area contributed by atoms with Crippen molar-refractivity contribution in [3.05, 3.63) is 54.1 Å². The summed E-state index contributed by atoms with van der Waals surface area (Å²) in [4.78, 5) is 14.6. The largest absolute Gasteiger partial charge is 0.573 e. The lowest BCUT2D eigenvalue weighted by molar-refractivity contribution is -0.274. The maximum Gasteiger partial charge on any atom is 0.573 e. The van der Waals surface area contributed by atoms with Crippen LogP contribution in [0.25, 0.3) is 0 Å². The highest BCUT2D eigenvalue weighted by Gasteiger charge is 2.44. The molecule has 0 unspecified atom stereocenters. The van der Waals surface area contributed by atoms with Crippen LogP contribution in [-0.2, 0) is 11.3 Å². The van der Waals surface area contributed by atoms with Gasteiger partial charge in [-0.2, -0.15) is 37.6 Å². The monoisotopic (exact) mass is 575 g/mol. The lowest BCUT2D eigenvalue weighted by Crippen LogP contribution is -2.37. The van der Waals surface area contributed by atoms with Gasteiger partial charge >= 0.3 is 18.9 Å². The number of benzene rings is 2. The van der Waals surface area contributed by atoms with Crippen LogP contribution in [0.5, 0.6) is 11.5 Å². The van der Waals surface area contributed by atoms with E-state index in [0.717, 1.165) is 24.3 Å². The average molecular weight is 575 g/mol. The highest BCUT2D eigenvalue weighted by Crippen LogP contribution is 2.29. The number of rotatable bonds is 10. The first-order valence-electron chi connectivity index (χ1n) is 11.5. The van der Waals surface area contributed by atoms with Crippen LogP contribution in [0.15, 0.2) is 58.8 Å². The van der Waals surface area contributed by atoms with Crippen LogP contribution in [-0.4, -0.2) is 60.2 Å². The Morgan fingerprint density at radius 2 is 1.65 bits per heavy atom. The molecule has 1 fully saturated rings. The number of aromatic nitrogens is 3. The van der Waals surface area contributed by atoms with Gasteiger partial charge in [-0.15, -0.1) is 18.3 Å². The molecule has 17 heteroatoms. The standard InChI is InChI=1S/C23H20F7N7O3/c24-18(25)22(26,27)39-17-3-1-2-14(12-17)13-31-36-20-33-19(34-21(35-20)37-8-10-38-11-9-37)32-15-4-6-16(7-5-15)40-23(28,29)30/h1-7,12,18H,8-11,13H2,(H,32,33,34,35). The lowest BCUT2D eigenvalue weighted by Gasteiger charge is -2.26. The van der Waals surface area contributed by atoms with Crippen LogP contribution in [0.2, 0.25) is 0 Å². The van der Waals surface area contributed by atoms with Crippen LogP contribution < -0.4 is 19.7 Å². The van der Waals surface area contributed by atoms with Gasteiger partial charge in [0.05, 0.1) is 19.8 Å². The molecule has 2 heterocycles. The Morgan fingerprint density at radius 3 is 2.33 bits per heavy atom. The summed E-state index contributed by atoms with van der Waals surface area (Å²) in [5, 5.41) is 10.8. The lowest BCUT2D eigenvalue weighted by atomic mass is 10.2. The molecule has 4 rings (SSSR count). The SMILES string of the molecule is FC(F)C(F)(F)Oc1cccc(CN=Nc2nc(Nc3ccc(OC(F)(F)F)cc3)nc(N3CCOCC3)n2)c1. The van der Waals surface area contributed by atoms with Gasteiger partial charge < -0.3 is 24.4 Å². The molecule has 0 spiro atoms. The summed E-state index contributed by atoms with van der Waals surface area (Å²) in [6.07, 6.45) is -13.5. The van der Waals surface area contributed by atoms with Crippen molar-refractivity contribution in [3.8, 4) is 11.5 Å². The van der Waals surface area contributed by atoms with Gasteiger partial charge in [-0.05, 0) is 42.0 Å². The molecule has 3 aromatic rings. The number of ether oxygens (including phenoxy) is 3. The summed E-state index contributed by atoms with van der Waals surface area (Å²) in [7, 11) is 0. The number of hydrogen-bond acceptors (Lipinski definition) is 10. The molecule has 0 saturated carbocycles. The van der Waals surface area contributed by atoms with Crippen molar-refractivity contribution in [3.63, 3.8) is 0 Å². The minimum Gasteiger partial charge on any atom is -0.428 e. The van der Waals surface area contributed by atoms with E-state index < -0.39 is 30.4 Å². The number of anilines is 3. The van der Waals surface area contributed by atoms with Gasteiger partial charge in [-0.1, -0.05) is 12.1 Å². The number of azo groups is 1. The Balaban J connectivity index is 1.51. The van der Waals surface area contributed by atoms with E-state index in [1.165, 1.54) is 24.3 Å². The fourth-order valence-corrected chi connectivity index (χ4v) is 3.32. The van der Waals surface area contributed by atoms with E-state index in [-0.39, 0.29) is 24.4 Å². The second kappa shape index (κ2) is 12.3. The van der Waals surface area contributed by atoms with Gasteiger partial charge in [0, 0.05) is 18.8 Å². The molecule has 0 amide bonds. The highest BCUT2D eigenvalue weighted by molar-refractivity contribution is 5.56. The Bertz CT molecular complexity index is 1300. The van der Waals surface area contributed by atoms with Crippen molar-refractivity contribution in [2.75, 3.05) is 36.5 Å². The molecule has 40 heavy (non-hydrogen) atoms. The van der Waals surface area contributed by atoms with Gasteiger partial charge in [0.25, 0.3) is 5.95 Å². The quantitative estimate of drug-likeness (QED) is 0.236. The second-order valence-corrected chi connectivity index (χ2v) is 8.07. The molecule has 1 N–H and O–H groups in total. The number of nitrogens with zero attached hydrogens (tertiary/aromatic N) is 6. The molecule has 10 nitrogen and oxygen atoms in total. The van der Waals surface area contributed by atoms with Gasteiger partial charge in [-0.3, -0.25) is 0 Å². The van der Waals surface area contributed by atoms with Crippen LogP contribution in [0.1, 0.15) is 5.56 Å². The molecule has 214 valence electrons. The van der Waals surface area contributed by atoms with E-state index in [0.29, 0.717) is 37.6 Å². The molecular weight excluding hydrogens is 555 g/mol. The summed E-state index contributed by atoms with van der Waals surface area (Å²) >= 11 is 0. The zero-order valence-corrected chi connectivity index (χ0v) is 20.3. The van der Waals surface area contributed by atoms with Gasteiger partial charge in [0.15, 0.2) is 0 Å². The summed E-state index contributed by atoms with van der Waals surface area (Å²) < 4.78 is 102. The first-order valence-corrected chi connectivity index (χ1v) is 11.5.